The summed E-state index contributed by atoms with van der Waals surface area (Å²) in [7, 11) is 0. The van der Waals surface area contributed by atoms with E-state index < -0.39 is 0 Å². The first kappa shape index (κ1) is 7.92. The van der Waals surface area contributed by atoms with E-state index in [2.05, 4.69) is 23.0 Å². The molecule has 64 valence electrons. The van der Waals surface area contributed by atoms with Crippen molar-refractivity contribution in [1.29, 1.82) is 0 Å². The summed E-state index contributed by atoms with van der Waals surface area (Å²) in [5.41, 5.74) is 3.24. The first-order chi connectivity index (χ1) is 6.36. The van der Waals surface area contributed by atoms with Gasteiger partial charge in [-0.05, 0) is 25.1 Å². The van der Waals surface area contributed by atoms with Gasteiger partial charge in [-0.1, -0.05) is 6.07 Å². The summed E-state index contributed by atoms with van der Waals surface area (Å²) in [5, 5.41) is 0. The van der Waals surface area contributed by atoms with Crippen LogP contribution >= 0.6 is 0 Å². The zero-order valence-electron chi connectivity index (χ0n) is 7.49. The Morgan fingerprint density at radius 1 is 1.15 bits per heavy atom. The molecule has 13 heavy (non-hydrogen) atoms. The van der Waals surface area contributed by atoms with Gasteiger partial charge in [-0.3, -0.25) is 0 Å². The van der Waals surface area contributed by atoms with Crippen molar-refractivity contribution in [2.45, 2.75) is 6.92 Å². The lowest BCUT2D eigenvalue weighted by atomic mass is 10.2. The Morgan fingerprint density at radius 3 is 2.69 bits per heavy atom. The van der Waals surface area contributed by atoms with E-state index in [4.69, 9.17) is 0 Å². The number of hydrogen-bond acceptors (Lipinski definition) is 1. The van der Waals surface area contributed by atoms with E-state index in [1.807, 2.05) is 30.5 Å². The number of nitrogens with zero attached hydrogens (tertiary/aromatic N) is 1. The SMILES string of the molecule is Cc1ccc(-c2ccccn2)[nH+]c1. The van der Waals surface area contributed by atoms with Crippen LogP contribution in [0.4, 0.5) is 0 Å². The minimum Gasteiger partial charge on any atom is -0.250 e. The number of H-pyrrole nitrogens is 1. The largest absolute Gasteiger partial charge is 0.250 e. The van der Waals surface area contributed by atoms with Crippen LogP contribution in [-0.4, -0.2) is 4.98 Å². The number of nitrogens with one attached hydrogen (secondary N) is 1. The third-order valence-corrected chi connectivity index (χ3v) is 1.91. The van der Waals surface area contributed by atoms with Crippen molar-refractivity contribution in [3.63, 3.8) is 0 Å². The molecule has 0 aromatic carbocycles. The van der Waals surface area contributed by atoms with E-state index in [9.17, 15) is 0 Å². The van der Waals surface area contributed by atoms with E-state index in [0.29, 0.717) is 0 Å². The summed E-state index contributed by atoms with van der Waals surface area (Å²) in [6, 6.07) is 9.99. The maximum atomic E-state index is 4.25. The lowest BCUT2D eigenvalue weighted by molar-refractivity contribution is -0.365. The molecule has 0 saturated carbocycles. The molecule has 0 unspecified atom stereocenters. The van der Waals surface area contributed by atoms with Gasteiger partial charge in [0.2, 0.25) is 5.69 Å². The normalized spacial score (nSPS) is 9.92. The molecule has 0 spiro atoms. The van der Waals surface area contributed by atoms with Gasteiger partial charge in [-0.2, -0.15) is 0 Å². The van der Waals surface area contributed by atoms with Crippen LogP contribution in [0.1, 0.15) is 5.56 Å². The smallest absolute Gasteiger partial charge is 0.229 e. The Kier molecular flexibility index (Phi) is 2.04. The second-order valence-corrected chi connectivity index (χ2v) is 2.99. The summed E-state index contributed by atoms with van der Waals surface area (Å²) in [6.45, 7) is 2.05. The van der Waals surface area contributed by atoms with Crippen LogP contribution in [0.2, 0.25) is 0 Å². The standard InChI is InChI=1S/C11H10N2/c1-9-5-6-11(13-8-9)10-4-2-3-7-12-10/h2-8H,1H3/p+1. The molecule has 0 fully saturated rings. The summed E-state index contributed by atoms with van der Waals surface area (Å²) in [5.74, 6) is 0. The van der Waals surface area contributed by atoms with Crippen molar-refractivity contribution < 1.29 is 4.98 Å². The molecule has 2 rings (SSSR count). The minimum atomic E-state index is 0.975. The molecule has 2 heterocycles. The molecule has 0 aliphatic rings. The lowest BCUT2D eigenvalue weighted by Gasteiger charge is -1.93. The van der Waals surface area contributed by atoms with E-state index in [-0.39, 0.29) is 0 Å². The van der Waals surface area contributed by atoms with Crippen LogP contribution < -0.4 is 4.98 Å². The van der Waals surface area contributed by atoms with Gasteiger partial charge in [0.15, 0.2) is 6.20 Å². The number of hydrogen-bond donors (Lipinski definition) is 0. The maximum Gasteiger partial charge on any atom is 0.229 e. The zero-order chi connectivity index (χ0) is 9.10. The molecule has 0 saturated heterocycles. The Labute approximate surface area is 77.3 Å². The van der Waals surface area contributed by atoms with E-state index in [1.165, 1.54) is 5.56 Å². The highest BCUT2D eigenvalue weighted by Gasteiger charge is 2.03. The van der Waals surface area contributed by atoms with Crippen molar-refractivity contribution >= 4 is 0 Å². The number of aromatic nitrogens is 2. The van der Waals surface area contributed by atoms with Gasteiger partial charge in [0.1, 0.15) is 5.69 Å². The Bertz CT molecular complexity index is 379. The van der Waals surface area contributed by atoms with Gasteiger partial charge in [0, 0.05) is 17.8 Å². The quantitative estimate of drug-likeness (QED) is 0.643. The van der Waals surface area contributed by atoms with Crippen LogP contribution in [0, 0.1) is 6.92 Å². The molecule has 0 bridgehead atoms. The molecule has 1 N–H and O–H groups in total. The molecule has 2 aromatic rings. The molecule has 2 heteroatoms. The first-order valence-corrected chi connectivity index (χ1v) is 4.26. The monoisotopic (exact) mass is 171 g/mol. The summed E-state index contributed by atoms with van der Waals surface area (Å²) in [4.78, 5) is 7.44. The van der Waals surface area contributed by atoms with E-state index in [0.717, 1.165) is 11.4 Å². The number of rotatable bonds is 1. The topological polar surface area (TPSA) is 27.0 Å². The van der Waals surface area contributed by atoms with Crippen LogP contribution in [0.25, 0.3) is 11.4 Å². The average molecular weight is 171 g/mol. The predicted molar refractivity (Wildman–Crippen MR) is 51.0 cm³/mol. The van der Waals surface area contributed by atoms with Crippen molar-refractivity contribution in [3.8, 4) is 11.4 Å². The molecule has 0 aliphatic carbocycles. The number of pyridine rings is 2. The minimum absolute atomic E-state index is 0.975. The number of aryl methyl sites for hydroxylation is 1. The number of aromatic amines is 1. The van der Waals surface area contributed by atoms with Gasteiger partial charge in [0.25, 0.3) is 0 Å². The van der Waals surface area contributed by atoms with E-state index in [1.54, 1.807) is 6.20 Å². The second-order valence-electron chi connectivity index (χ2n) is 2.99. The molecule has 0 aliphatic heterocycles. The van der Waals surface area contributed by atoms with Gasteiger partial charge in [-0.15, -0.1) is 0 Å². The van der Waals surface area contributed by atoms with Crippen molar-refractivity contribution in [2.75, 3.05) is 0 Å². The van der Waals surface area contributed by atoms with Crippen LogP contribution in [0.3, 0.4) is 0 Å². The maximum absolute atomic E-state index is 4.25. The molecule has 2 aromatic heterocycles. The molecule has 2 nitrogen and oxygen atoms in total. The van der Waals surface area contributed by atoms with Gasteiger partial charge in [0.05, 0.1) is 0 Å². The fraction of sp³-hybridized carbons (Fsp3) is 0.0909. The molecule has 0 atom stereocenters. The van der Waals surface area contributed by atoms with Gasteiger partial charge >= 0.3 is 0 Å². The molecule has 0 amide bonds. The van der Waals surface area contributed by atoms with Crippen molar-refractivity contribution in [1.82, 2.24) is 4.98 Å². The summed E-state index contributed by atoms with van der Waals surface area (Å²) < 4.78 is 0. The molecule has 0 radical (unpaired) electrons. The summed E-state index contributed by atoms with van der Waals surface area (Å²) in [6.07, 6.45) is 3.77. The highest BCUT2D eigenvalue weighted by molar-refractivity contribution is 5.49. The Balaban J connectivity index is 2.42. The summed E-state index contributed by atoms with van der Waals surface area (Å²) >= 11 is 0. The van der Waals surface area contributed by atoms with Gasteiger partial charge in [-0.25, -0.2) is 9.97 Å². The van der Waals surface area contributed by atoms with Gasteiger partial charge < -0.3 is 0 Å². The van der Waals surface area contributed by atoms with Crippen LogP contribution in [-0.2, 0) is 0 Å². The third-order valence-electron chi connectivity index (χ3n) is 1.91. The average Bonchev–Trinajstić information content (AvgIpc) is 2.20. The predicted octanol–water partition coefficient (Wildman–Crippen LogP) is 1.87. The highest BCUT2D eigenvalue weighted by atomic mass is 14.8. The second kappa shape index (κ2) is 3.35. The lowest BCUT2D eigenvalue weighted by Crippen LogP contribution is -2.06. The zero-order valence-corrected chi connectivity index (χ0v) is 7.49. The highest BCUT2D eigenvalue weighted by Crippen LogP contribution is 2.09. The Hall–Kier alpha value is -1.70. The third kappa shape index (κ3) is 1.72. The Morgan fingerprint density at radius 2 is 2.08 bits per heavy atom. The van der Waals surface area contributed by atoms with E-state index >= 15 is 0 Å². The first-order valence-electron chi connectivity index (χ1n) is 4.26. The van der Waals surface area contributed by atoms with Crippen molar-refractivity contribution in [3.05, 3.63) is 48.3 Å². The molecular formula is C11H11N2+. The fourth-order valence-electron chi connectivity index (χ4n) is 1.18. The molecular weight excluding hydrogens is 160 g/mol. The fourth-order valence-corrected chi connectivity index (χ4v) is 1.18. The van der Waals surface area contributed by atoms with Crippen LogP contribution in [0.5, 0.6) is 0 Å². The van der Waals surface area contributed by atoms with Crippen molar-refractivity contribution in [2.24, 2.45) is 0 Å². The van der Waals surface area contributed by atoms with Crippen LogP contribution in [0.15, 0.2) is 42.7 Å².